The number of anilines is 1. The first-order valence-electron chi connectivity index (χ1n) is 9.95. The third-order valence-corrected chi connectivity index (χ3v) is 8.49. The van der Waals surface area contributed by atoms with Gasteiger partial charge in [-0.05, 0) is 55.2 Å². The molecule has 5 rings (SSSR count). The van der Waals surface area contributed by atoms with E-state index in [0.29, 0.717) is 17.6 Å². The van der Waals surface area contributed by atoms with Crippen LogP contribution in [0.25, 0.3) is 0 Å². The predicted octanol–water partition coefficient (Wildman–Crippen LogP) is 3.28. The van der Waals surface area contributed by atoms with E-state index in [2.05, 4.69) is 22.0 Å². The van der Waals surface area contributed by atoms with Crippen molar-refractivity contribution >= 4 is 28.3 Å². The number of aliphatic hydroxyl groups is 1. The fraction of sp³-hybridized carbons (Fsp3) is 0.524. The predicted molar refractivity (Wildman–Crippen MR) is 110 cm³/mol. The van der Waals surface area contributed by atoms with Gasteiger partial charge in [0, 0.05) is 42.1 Å². The Kier molecular flexibility index (Phi) is 4.68. The van der Waals surface area contributed by atoms with Crippen LogP contribution in [0.1, 0.15) is 42.9 Å². The fourth-order valence-electron chi connectivity index (χ4n) is 5.09. The van der Waals surface area contributed by atoms with Gasteiger partial charge in [-0.3, -0.25) is 4.21 Å². The average Bonchev–Trinajstić information content (AvgIpc) is 3.00. The number of piperidine rings is 1. The molecule has 3 aliphatic rings. The first-order chi connectivity index (χ1) is 13.6. The van der Waals surface area contributed by atoms with E-state index in [0.717, 1.165) is 60.3 Å². The van der Waals surface area contributed by atoms with Crippen molar-refractivity contribution < 1.29 is 9.32 Å². The summed E-state index contributed by atoms with van der Waals surface area (Å²) in [6.07, 6.45) is 5.67. The van der Waals surface area contributed by atoms with Gasteiger partial charge in [-0.15, -0.1) is 0 Å². The second kappa shape index (κ2) is 7.08. The average molecular weight is 418 g/mol. The quantitative estimate of drug-likeness (QED) is 0.830. The van der Waals surface area contributed by atoms with E-state index in [-0.39, 0.29) is 12.0 Å². The lowest BCUT2D eigenvalue weighted by molar-refractivity contribution is 0.0893. The normalized spacial score (nSPS) is 29.7. The Hall–Kier alpha value is -1.50. The summed E-state index contributed by atoms with van der Waals surface area (Å²) in [5.41, 5.74) is 2.21. The summed E-state index contributed by atoms with van der Waals surface area (Å²) < 4.78 is 12.5. The molecule has 1 atom stereocenters. The molecular weight excluding hydrogens is 394 g/mol. The van der Waals surface area contributed by atoms with E-state index >= 15 is 0 Å². The molecule has 0 unspecified atom stereocenters. The van der Waals surface area contributed by atoms with E-state index in [1.807, 2.05) is 12.1 Å². The lowest BCUT2D eigenvalue weighted by atomic mass is 9.61. The van der Waals surface area contributed by atoms with Crippen molar-refractivity contribution in [1.82, 2.24) is 9.97 Å². The van der Waals surface area contributed by atoms with E-state index in [9.17, 15) is 9.32 Å². The third kappa shape index (κ3) is 3.06. The number of hydrogen-bond donors (Lipinski definition) is 1. The van der Waals surface area contributed by atoms with Crippen molar-refractivity contribution in [2.24, 2.45) is 5.92 Å². The molecule has 0 bridgehead atoms. The lowest BCUT2D eigenvalue weighted by Gasteiger charge is -2.44. The van der Waals surface area contributed by atoms with Crippen molar-refractivity contribution in [2.75, 3.05) is 30.3 Å². The van der Waals surface area contributed by atoms with Crippen molar-refractivity contribution in [2.45, 2.75) is 41.9 Å². The summed E-state index contributed by atoms with van der Waals surface area (Å²) >= 11 is 6.01. The Labute approximate surface area is 172 Å². The molecule has 28 heavy (non-hydrogen) atoms. The molecule has 5 nitrogen and oxygen atoms in total. The largest absolute Gasteiger partial charge is 0.396 e. The molecule has 2 aliphatic heterocycles. The number of nitrogens with zero attached hydrogens (tertiary/aromatic N) is 3. The highest BCUT2D eigenvalue weighted by atomic mass is 35.5. The van der Waals surface area contributed by atoms with Crippen LogP contribution >= 0.6 is 11.6 Å². The molecule has 1 aromatic heterocycles. The number of rotatable bonds is 3. The summed E-state index contributed by atoms with van der Waals surface area (Å²) in [6.45, 7) is 2.04. The van der Waals surface area contributed by atoms with Gasteiger partial charge in [0.1, 0.15) is 0 Å². The van der Waals surface area contributed by atoms with Gasteiger partial charge in [0.2, 0.25) is 5.95 Å². The first-order valence-corrected chi connectivity index (χ1v) is 11.6. The van der Waals surface area contributed by atoms with Crippen LogP contribution in [0.3, 0.4) is 0 Å². The van der Waals surface area contributed by atoms with Crippen LogP contribution in [0.5, 0.6) is 0 Å². The van der Waals surface area contributed by atoms with Crippen molar-refractivity contribution in [3.63, 3.8) is 0 Å². The fourth-order valence-corrected chi connectivity index (χ4v) is 6.89. The summed E-state index contributed by atoms with van der Waals surface area (Å²) in [6, 6.07) is 8.18. The standard InChI is InChI=1S/C21H24ClN3O2S/c22-17-3-1-15(2-4-17)16-5-7-25(8-6-16)20-23-11-18-19(24-20)21(13-28(18)27)9-14(10-21)12-26/h1-4,11,14,16,26H,5-10,12-13H2/t14?,21?,28-/m1/s1. The zero-order valence-corrected chi connectivity index (χ0v) is 17.3. The highest BCUT2D eigenvalue weighted by molar-refractivity contribution is 7.85. The molecule has 1 saturated carbocycles. The zero-order chi connectivity index (χ0) is 19.3. The highest BCUT2D eigenvalue weighted by Gasteiger charge is 2.53. The summed E-state index contributed by atoms with van der Waals surface area (Å²) in [5.74, 6) is 2.25. The topological polar surface area (TPSA) is 66.3 Å². The maximum Gasteiger partial charge on any atom is 0.225 e. The first kappa shape index (κ1) is 18.5. The summed E-state index contributed by atoms with van der Waals surface area (Å²) in [7, 11) is -1.01. The molecule has 1 saturated heterocycles. The van der Waals surface area contributed by atoms with Gasteiger partial charge in [-0.2, -0.15) is 0 Å². The van der Waals surface area contributed by atoms with Crippen molar-refractivity contribution in [1.29, 1.82) is 0 Å². The highest BCUT2D eigenvalue weighted by Crippen LogP contribution is 2.53. The van der Waals surface area contributed by atoms with E-state index in [4.69, 9.17) is 16.6 Å². The molecular formula is C21H24ClN3O2S. The minimum Gasteiger partial charge on any atom is -0.396 e. The minimum absolute atomic E-state index is 0.104. The van der Waals surface area contributed by atoms with Gasteiger partial charge in [-0.25, -0.2) is 9.97 Å². The van der Waals surface area contributed by atoms with Crippen LogP contribution in [0, 0.1) is 5.92 Å². The molecule has 1 spiro atoms. The molecule has 3 heterocycles. The number of benzene rings is 1. The Morgan fingerprint density at radius 2 is 1.93 bits per heavy atom. The Morgan fingerprint density at radius 3 is 2.61 bits per heavy atom. The Balaban J connectivity index is 1.33. The molecule has 2 aromatic rings. The monoisotopic (exact) mass is 417 g/mol. The van der Waals surface area contributed by atoms with Gasteiger partial charge in [-0.1, -0.05) is 23.7 Å². The second-order valence-corrected chi connectivity index (χ2v) is 10.3. The molecule has 2 fully saturated rings. The van der Waals surface area contributed by atoms with Crippen LogP contribution in [-0.4, -0.2) is 44.7 Å². The van der Waals surface area contributed by atoms with Gasteiger partial charge >= 0.3 is 0 Å². The maximum absolute atomic E-state index is 12.5. The smallest absolute Gasteiger partial charge is 0.225 e. The van der Waals surface area contributed by atoms with E-state index in [1.165, 1.54) is 5.56 Å². The Bertz CT molecular complexity index is 906. The number of hydrogen-bond acceptors (Lipinski definition) is 5. The number of fused-ring (bicyclic) bond motifs is 2. The molecule has 148 valence electrons. The molecule has 0 radical (unpaired) electrons. The van der Waals surface area contributed by atoms with Gasteiger partial charge in [0.15, 0.2) is 0 Å². The number of halogens is 1. The van der Waals surface area contributed by atoms with Gasteiger partial charge < -0.3 is 10.0 Å². The maximum atomic E-state index is 12.5. The van der Waals surface area contributed by atoms with Crippen LogP contribution in [0.4, 0.5) is 5.95 Å². The van der Waals surface area contributed by atoms with Crippen LogP contribution in [-0.2, 0) is 16.2 Å². The van der Waals surface area contributed by atoms with Crippen molar-refractivity contribution in [3.8, 4) is 0 Å². The molecule has 7 heteroatoms. The molecule has 1 aliphatic carbocycles. The zero-order valence-electron chi connectivity index (χ0n) is 15.7. The van der Waals surface area contributed by atoms with Crippen LogP contribution in [0.2, 0.25) is 5.02 Å². The lowest BCUT2D eigenvalue weighted by Crippen LogP contribution is -2.44. The Morgan fingerprint density at radius 1 is 1.21 bits per heavy atom. The van der Waals surface area contributed by atoms with E-state index in [1.54, 1.807) is 6.20 Å². The number of aromatic nitrogens is 2. The number of aliphatic hydroxyl groups excluding tert-OH is 1. The van der Waals surface area contributed by atoms with Crippen LogP contribution < -0.4 is 4.90 Å². The SMILES string of the molecule is O=[S@@]1CC2(CC(CO)C2)c2nc(N3CCC(c4ccc(Cl)cc4)CC3)ncc21. The summed E-state index contributed by atoms with van der Waals surface area (Å²) in [4.78, 5) is 12.5. The molecule has 1 aromatic carbocycles. The second-order valence-electron chi connectivity index (χ2n) is 8.42. The minimum atomic E-state index is -1.01. The summed E-state index contributed by atoms with van der Waals surface area (Å²) in [5, 5.41) is 10.2. The molecule has 0 amide bonds. The molecule has 1 N–H and O–H groups in total. The van der Waals surface area contributed by atoms with Gasteiger partial charge in [0.25, 0.3) is 0 Å². The van der Waals surface area contributed by atoms with Crippen molar-refractivity contribution in [3.05, 3.63) is 46.7 Å². The third-order valence-electron chi connectivity index (χ3n) is 6.63. The van der Waals surface area contributed by atoms with Crippen LogP contribution in [0.15, 0.2) is 35.4 Å². The van der Waals surface area contributed by atoms with E-state index < -0.39 is 10.8 Å². The van der Waals surface area contributed by atoms with Gasteiger partial charge in [0.05, 0.1) is 21.4 Å².